The van der Waals surface area contributed by atoms with E-state index in [-0.39, 0.29) is 24.5 Å². The first-order valence-corrected chi connectivity index (χ1v) is 5.39. The topological polar surface area (TPSA) is 64.3 Å². The molecule has 0 aliphatic carbocycles. The van der Waals surface area contributed by atoms with Crippen LogP contribution in [-0.2, 0) is 6.54 Å². The number of ether oxygens (including phenoxy) is 1. The summed E-state index contributed by atoms with van der Waals surface area (Å²) in [5.74, 6) is -2.44. The molecular formula is C12H10F2N2O3. The van der Waals surface area contributed by atoms with E-state index in [1.165, 1.54) is 17.1 Å². The lowest BCUT2D eigenvalue weighted by Crippen LogP contribution is -2.08. The molecule has 0 saturated heterocycles. The van der Waals surface area contributed by atoms with Gasteiger partial charge in [0.25, 0.3) is 0 Å². The second-order valence-electron chi connectivity index (χ2n) is 3.75. The van der Waals surface area contributed by atoms with Crippen molar-refractivity contribution in [2.45, 2.75) is 6.54 Å². The Morgan fingerprint density at radius 1 is 1.32 bits per heavy atom. The van der Waals surface area contributed by atoms with Crippen molar-refractivity contribution in [3.63, 3.8) is 0 Å². The quantitative estimate of drug-likeness (QED) is 0.900. The Hall–Kier alpha value is -2.44. The Labute approximate surface area is 107 Å². The first-order chi connectivity index (χ1) is 9.04. The summed E-state index contributed by atoms with van der Waals surface area (Å²) in [7, 11) is 0. The van der Waals surface area contributed by atoms with Crippen molar-refractivity contribution < 1.29 is 23.4 Å². The predicted octanol–water partition coefficient (Wildman–Crippen LogP) is 1.94. The lowest BCUT2D eigenvalue weighted by Gasteiger charge is -2.06. The Morgan fingerprint density at radius 2 is 2.00 bits per heavy atom. The van der Waals surface area contributed by atoms with Crippen LogP contribution < -0.4 is 4.74 Å². The fourth-order valence-corrected chi connectivity index (χ4v) is 1.47. The Kier molecular flexibility index (Phi) is 3.74. The highest BCUT2D eigenvalue weighted by molar-refractivity contribution is 5.86. The molecule has 100 valence electrons. The number of carboxylic acids is 1. The van der Waals surface area contributed by atoms with Crippen LogP contribution in [0.5, 0.6) is 5.75 Å². The molecule has 2 aromatic rings. The van der Waals surface area contributed by atoms with Gasteiger partial charge in [-0.2, -0.15) is 5.10 Å². The summed E-state index contributed by atoms with van der Waals surface area (Å²) in [5.41, 5.74) is 0.0665. The van der Waals surface area contributed by atoms with Gasteiger partial charge in [0, 0.05) is 24.4 Å². The third-order valence-corrected chi connectivity index (χ3v) is 2.31. The zero-order chi connectivity index (χ0) is 13.8. The number of benzene rings is 1. The van der Waals surface area contributed by atoms with Crippen molar-refractivity contribution in [1.29, 1.82) is 0 Å². The van der Waals surface area contributed by atoms with Crippen LogP contribution in [0.2, 0.25) is 0 Å². The summed E-state index contributed by atoms with van der Waals surface area (Å²) < 4.78 is 32.3. The highest BCUT2D eigenvalue weighted by Crippen LogP contribution is 2.15. The summed E-state index contributed by atoms with van der Waals surface area (Å²) in [6.07, 6.45) is 2.56. The average molecular weight is 268 g/mol. The van der Waals surface area contributed by atoms with E-state index in [9.17, 15) is 13.6 Å². The van der Waals surface area contributed by atoms with Crippen LogP contribution in [0, 0.1) is 11.6 Å². The molecule has 0 spiro atoms. The molecule has 0 saturated carbocycles. The molecule has 0 fully saturated rings. The molecule has 7 heteroatoms. The molecule has 0 unspecified atom stereocenters. The molecular weight excluding hydrogens is 258 g/mol. The first-order valence-electron chi connectivity index (χ1n) is 5.39. The molecule has 1 aromatic heterocycles. The van der Waals surface area contributed by atoms with Crippen LogP contribution in [0.3, 0.4) is 0 Å². The molecule has 0 atom stereocenters. The third-order valence-electron chi connectivity index (χ3n) is 2.31. The van der Waals surface area contributed by atoms with Gasteiger partial charge < -0.3 is 9.84 Å². The summed E-state index contributed by atoms with van der Waals surface area (Å²) >= 11 is 0. The molecule has 1 N–H and O–H groups in total. The summed E-state index contributed by atoms with van der Waals surface area (Å²) in [4.78, 5) is 10.6. The third kappa shape index (κ3) is 3.51. The molecule has 0 aliphatic rings. The lowest BCUT2D eigenvalue weighted by atomic mass is 10.3. The van der Waals surface area contributed by atoms with E-state index in [1.54, 1.807) is 0 Å². The highest BCUT2D eigenvalue weighted by atomic mass is 19.1. The van der Waals surface area contributed by atoms with Gasteiger partial charge in [-0.15, -0.1) is 0 Å². The van der Waals surface area contributed by atoms with Gasteiger partial charge in [0.2, 0.25) is 0 Å². The van der Waals surface area contributed by atoms with Gasteiger partial charge >= 0.3 is 5.97 Å². The zero-order valence-corrected chi connectivity index (χ0v) is 9.72. The van der Waals surface area contributed by atoms with Crippen molar-refractivity contribution in [2.24, 2.45) is 0 Å². The molecule has 1 heterocycles. The van der Waals surface area contributed by atoms with Crippen molar-refractivity contribution in [2.75, 3.05) is 6.61 Å². The van der Waals surface area contributed by atoms with E-state index in [0.29, 0.717) is 0 Å². The predicted molar refractivity (Wildman–Crippen MR) is 61.0 cm³/mol. The fourth-order valence-electron chi connectivity index (χ4n) is 1.47. The molecule has 0 radical (unpaired) electrons. The van der Waals surface area contributed by atoms with Crippen LogP contribution in [0.1, 0.15) is 10.4 Å². The van der Waals surface area contributed by atoms with Crippen LogP contribution >= 0.6 is 0 Å². The summed E-state index contributed by atoms with van der Waals surface area (Å²) in [6, 6.07) is 2.88. The second-order valence-corrected chi connectivity index (χ2v) is 3.75. The van der Waals surface area contributed by atoms with Crippen molar-refractivity contribution in [3.8, 4) is 5.75 Å². The maximum atomic E-state index is 12.9. The Bertz CT molecular complexity index is 578. The Balaban J connectivity index is 1.90. The number of rotatable bonds is 5. The number of hydrogen-bond acceptors (Lipinski definition) is 3. The maximum Gasteiger partial charge on any atom is 0.338 e. The van der Waals surface area contributed by atoms with E-state index < -0.39 is 17.6 Å². The van der Waals surface area contributed by atoms with Crippen molar-refractivity contribution in [1.82, 2.24) is 9.78 Å². The molecule has 1 aromatic carbocycles. The standard InChI is InChI=1S/C12H10F2N2O3/c13-9-3-10(14)5-11(4-9)19-2-1-16-7-8(6-15-16)12(17)18/h3-7H,1-2H2,(H,17,18). The average Bonchev–Trinajstić information content (AvgIpc) is 2.76. The number of halogens is 2. The minimum atomic E-state index is -1.07. The van der Waals surface area contributed by atoms with Gasteiger partial charge in [0.15, 0.2) is 0 Å². The summed E-state index contributed by atoms with van der Waals surface area (Å²) in [6.45, 7) is 0.384. The first kappa shape index (κ1) is 13.0. The SMILES string of the molecule is O=C(O)c1cnn(CCOc2cc(F)cc(F)c2)c1. The van der Waals surface area contributed by atoms with Crippen LogP contribution in [0.4, 0.5) is 8.78 Å². The van der Waals surface area contributed by atoms with E-state index in [2.05, 4.69) is 5.10 Å². The van der Waals surface area contributed by atoms with Crippen molar-refractivity contribution >= 4 is 5.97 Å². The largest absolute Gasteiger partial charge is 0.491 e. The zero-order valence-electron chi connectivity index (χ0n) is 9.72. The molecule has 0 bridgehead atoms. The molecule has 0 amide bonds. The van der Waals surface area contributed by atoms with Crippen LogP contribution in [-0.4, -0.2) is 27.5 Å². The van der Waals surface area contributed by atoms with Gasteiger partial charge in [0.05, 0.1) is 18.3 Å². The minimum Gasteiger partial charge on any atom is -0.491 e. The highest BCUT2D eigenvalue weighted by Gasteiger charge is 2.06. The minimum absolute atomic E-state index is 0.0665. The van der Waals surface area contributed by atoms with Gasteiger partial charge in [-0.1, -0.05) is 0 Å². The van der Waals surface area contributed by atoms with Crippen LogP contribution in [0.15, 0.2) is 30.6 Å². The Morgan fingerprint density at radius 3 is 2.58 bits per heavy atom. The number of aromatic nitrogens is 2. The number of carbonyl (C=O) groups is 1. The molecule has 5 nitrogen and oxygen atoms in total. The smallest absolute Gasteiger partial charge is 0.338 e. The van der Waals surface area contributed by atoms with Gasteiger partial charge in [-0.3, -0.25) is 4.68 Å². The van der Waals surface area contributed by atoms with E-state index in [1.807, 2.05) is 0 Å². The number of hydrogen-bond donors (Lipinski definition) is 1. The molecule has 19 heavy (non-hydrogen) atoms. The molecule has 0 aliphatic heterocycles. The number of carboxylic acid groups (broad SMARTS) is 1. The number of nitrogens with zero attached hydrogens (tertiary/aromatic N) is 2. The molecule has 2 rings (SSSR count). The van der Waals surface area contributed by atoms with Crippen LogP contribution in [0.25, 0.3) is 0 Å². The second kappa shape index (κ2) is 5.47. The number of aromatic carboxylic acids is 1. The fraction of sp³-hybridized carbons (Fsp3) is 0.167. The lowest BCUT2D eigenvalue weighted by molar-refractivity contribution is 0.0696. The normalized spacial score (nSPS) is 10.4. The van der Waals surface area contributed by atoms with E-state index in [0.717, 1.165) is 18.2 Å². The van der Waals surface area contributed by atoms with E-state index >= 15 is 0 Å². The summed E-state index contributed by atoms with van der Waals surface area (Å²) in [5, 5.41) is 12.5. The van der Waals surface area contributed by atoms with Gasteiger partial charge in [0.1, 0.15) is 24.0 Å². The van der Waals surface area contributed by atoms with Gasteiger partial charge in [-0.05, 0) is 0 Å². The van der Waals surface area contributed by atoms with Gasteiger partial charge in [-0.25, -0.2) is 13.6 Å². The monoisotopic (exact) mass is 268 g/mol. The van der Waals surface area contributed by atoms with Crippen molar-refractivity contribution in [3.05, 3.63) is 47.8 Å². The maximum absolute atomic E-state index is 12.9. The van der Waals surface area contributed by atoms with E-state index in [4.69, 9.17) is 9.84 Å².